The summed E-state index contributed by atoms with van der Waals surface area (Å²) in [4.78, 5) is 24.7. The lowest BCUT2D eigenvalue weighted by Gasteiger charge is -2.40. The minimum atomic E-state index is -0.873. The molecule has 2 amide bonds. The van der Waals surface area contributed by atoms with Crippen molar-refractivity contribution in [2.24, 2.45) is 0 Å². The van der Waals surface area contributed by atoms with Gasteiger partial charge in [0.05, 0.1) is 12.1 Å². The van der Waals surface area contributed by atoms with Crippen molar-refractivity contribution in [3.8, 4) is 5.75 Å². The smallest absolute Gasteiger partial charge is 0.408 e. The fourth-order valence-corrected chi connectivity index (χ4v) is 4.15. The third-order valence-electron chi connectivity index (χ3n) is 5.31. The quantitative estimate of drug-likeness (QED) is 0.685. The van der Waals surface area contributed by atoms with E-state index in [0.717, 1.165) is 34.9 Å². The van der Waals surface area contributed by atoms with Crippen LogP contribution in [0, 0.1) is 0 Å². The molecule has 0 heterocycles. The van der Waals surface area contributed by atoms with Crippen LogP contribution in [0.1, 0.15) is 46.1 Å². The molecular formula is C23H30N2O4. The highest BCUT2D eigenvalue weighted by Crippen LogP contribution is 2.48. The lowest BCUT2D eigenvalue weighted by atomic mass is 9.95. The Morgan fingerprint density at radius 1 is 1.21 bits per heavy atom. The second-order valence-electron chi connectivity index (χ2n) is 8.84. The molecule has 2 N–H and O–H groups in total. The molecule has 0 aliphatic heterocycles. The Hall–Kier alpha value is -2.76. The maximum Gasteiger partial charge on any atom is 0.408 e. The van der Waals surface area contributed by atoms with Crippen LogP contribution in [0.2, 0.25) is 0 Å². The average Bonchev–Trinajstić information content (AvgIpc) is 3.36. The molecular weight excluding hydrogens is 368 g/mol. The van der Waals surface area contributed by atoms with Gasteiger partial charge in [-0.05, 0) is 57.0 Å². The van der Waals surface area contributed by atoms with Gasteiger partial charge in [0.1, 0.15) is 12.4 Å². The zero-order chi connectivity index (χ0) is 21.2. The van der Waals surface area contributed by atoms with Gasteiger partial charge >= 0.3 is 6.09 Å². The molecule has 1 aliphatic rings. The second kappa shape index (κ2) is 7.93. The van der Waals surface area contributed by atoms with E-state index in [4.69, 9.17) is 4.74 Å². The summed E-state index contributed by atoms with van der Waals surface area (Å²) >= 11 is 0. The first kappa shape index (κ1) is 21.0. The summed E-state index contributed by atoms with van der Waals surface area (Å²) < 4.78 is 5.98. The SMILES string of the molecule is CC(=O)NCCOc1cc(CC2(N(C(=O)O)C(C)(C)C)CC2)cc2ccccc12. The Labute approximate surface area is 171 Å². The number of nitrogens with one attached hydrogen (secondary N) is 1. The van der Waals surface area contributed by atoms with Crippen molar-refractivity contribution < 1.29 is 19.4 Å². The van der Waals surface area contributed by atoms with E-state index in [0.29, 0.717) is 19.6 Å². The summed E-state index contributed by atoms with van der Waals surface area (Å²) in [6.45, 7) is 8.12. The Morgan fingerprint density at radius 2 is 1.90 bits per heavy atom. The van der Waals surface area contributed by atoms with Gasteiger partial charge < -0.3 is 15.2 Å². The van der Waals surface area contributed by atoms with E-state index in [1.54, 1.807) is 4.90 Å². The van der Waals surface area contributed by atoms with Crippen LogP contribution in [-0.4, -0.2) is 46.2 Å². The minimum absolute atomic E-state index is 0.0844. The van der Waals surface area contributed by atoms with Gasteiger partial charge in [-0.1, -0.05) is 30.3 Å². The number of nitrogens with zero attached hydrogens (tertiary/aromatic N) is 1. The maximum atomic E-state index is 12.0. The van der Waals surface area contributed by atoms with Gasteiger partial charge in [0.15, 0.2) is 0 Å². The Balaban J connectivity index is 1.88. The molecule has 2 aromatic rings. The largest absolute Gasteiger partial charge is 0.491 e. The van der Waals surface area contributed by atoms with Gasteiger partial charge in [0, 0.05) is 17.8 Å². The lowest BCUT2D eigenvalue weighted by molar-refractivity contribution is -0.119. The molecule has 0 saturated heterocycles. The van der Waals surface area contributed by atoms with Gasteiger partial charge in [-0.25, -0.2) is 4.79 Å². The van der Waals surface area contributed by atoms with E-state index in [2.05, 4.69) is 11.4 Å². The van der Waals surface area contributed by atoms with Crippen molar-refractivity contribution in [1.82, 2.24) is 10.2 Å². The van der Waals surface area contributed by atoms with E-state index >= 15 is 0 Å². The van der Waals surface area contributed by atoms with E-state index in [1.165, 1.54) is 6.92 Å². The summed E-state index contributed by atoms with van der Waals surface area (Å²) in [5.74, 6) is 0.677. The first-order chi connectivity index (χ1) is 13.6. The van der Waals surface area contributed by atoms with Gasteiger partial charge in [0.25, 0.3) is 0 Å². The van der Waals surface area contributed by atoms with Crippen LogP contribution in [0.4, 0.5) is 4.79 Å². The highest BCUT2D eigenvalue weighted by Gasteiger charge is 2.53. The number of carbonyl (C=O) groups excluding carboxylic acids is 1. The third-order valence-corrected chi connectivity index (χ3v) is 5.31. The molecule has 1 saturated carbocycles. The fourth-order valence-electron chi connectivity index (χ4n) is 4.15. The third kappa shape index (κ3) is 4.81. The van der Waals surface area contributed by atoms with Crippen LogP contribution in [0.25, 0.3) is 10.8 Å². The standard InChI is InChI=1S/C23H30N2O4/c1-16(26)24-11-12-29-20-14-17(13-18-7-5-6-8-19(18)20)15-23(9-10-23)25(21(27)28)22(2,3)4/h5-8,13-14H,9-12,15H2,1-4H3,(H,24,26)(H,27,28). The number of carboxylic acid groups (broad SMARTS) is 1. The van der Waals surface area contributed by atoms with Crippen molar-refractivity contribution in [2.45, 2.75) is 58.0 Å². The molecule has 3 rings (SSSR count). The molecule has 1 fully saturated rings. The van der Waals surface area contributed by atoms with E-state index < -0.39 is 11.6 Å². The Bertz CT molecular complexity index is 913. The highest BCUT2D eigenvalue weighted by molar-refractivity contribution is 5.89. The first-order valence-corrected chi connectivity index (χ1v) is 10.0. The normalized spacial score (nSPS) is 15.0. The first-order valence-electron chi connectivity index (χ1n) is 10.0. The summed E-state index contributed by atoms with van der Waals surface area (Å²) in [5, 5.41) is 14.7. The lowest BCUT2D eigenvalue weighted by Crippen LogP contribution is -2.53. The minimum Gasteiger partial charge on any atom is -0.491 e. The van der Waals surface area contributed by atoms with Gasteiger partial charge in [-0.15, -0.1) is 0 Å². The van der Waals surface area contributed by atoms with Crippen molar-refractivity contribution in [1.29, 1.82) is 0 Å². The number of amides is 2. The molecule has 1 aliphatic carbocycles. The molecule has 0 atom stereocenters. The fraction of sp³-hybridized carbons (Fsp3) is 0.478. The van der Waals surface area contributed by atoms with Crippen molar-refractivity contribution in [3.63, 3.8) is 0 Å². The Kier molecular flexibility index (Phi) is 5.73. The van der Waals surface area contributed by atoms with E-state index in [-0.39, 0.29) is 11.4 Å². The number of ether oxygens (including phenoxy) is 1. The monoisotopic (exact) mass is 398 g/mol. The van der Waals surface area contributed by atoms with Crippen LogP contribution in [-0.2, 0) is 11.2 Å². The van der Waals surface area contributed by atoms with Crippen LogP contribution in [0.3, 0.4) is 0 Å². The Morgan fingerprint density at radius 3 is 2.48 bits per heavy atom. The van der Waals surface area contributed by atoms with E-state index in [9.17, 15) is 14.7 Å². The van der Waals surface area contributed by atoms with Gasteiger partial charge in [-0.2, -0.15) is 0 Å². The van der Waals surface area contributed by atoms with Gasteiger partial charge in [-0.3, -0.25) is 9.69 Å². The molecule has 0 unspecified atom stereocenters. The molecule has 0 aromatic heterocycles. The number of carbonyl (C=O) groups is 2. The van der Waals surface area contributed by atoms with Crippen LogP contribution in [0.5, 0.6) is 5.75 Å². The molecule has 0 spiro atoms. The van der Waals surface area contributed by atoms with Crippen molar-refractivity contribution in [3.05, 3.63) is 42.0 Å². The molecule has 0 radical (unpaired) electrons. The number of fused-ring (bicyclic) bond motifs is 1. The highest BCUT2D eigenvalue weighted by atomic mass is 16.5. The van der Waals surface area contributed by atoms with Crippen molar-refractivity contribution in [2.75, 3.05) is 13.2 Å². The molecule has 0 bridgehead atoms. The zero-order valence-electron chi connectivity index (χ0n) is 17.6. The van der Waals surface area contributed by atoms with Crippen LogP contribution >= 0.6 is 0 Å². The molecule has 29 heavy (non-hydrogen) atoms. The molecule has 2 aromatic carbocycles. The number of benzene rings is 2. The van der Waals surface area contributed by atoms with Crippen LogP contribution in [0.15, 0.2) is 36.4 Å². The van der Waals surface area contributed by atoms with Crippen LogP contribution < -0.4 is 10.1 Å². The summed E-state index contributed by atoms with van der Waals surface area (Å²) in [7, 11) is 0. The predicted octanol–water partition coefficient (Wildman–Crippen LogP) is 4.21. The second-order valence-corrected chi connectivity index (χ2v) is 8.84. The number of rotatable bonds is 7. The molecule has 6 heteroatoms. The number of hydrogen-bond donors (Lipinski definition) is 2. The molecule has 156 valence electrons. The summed E-state index contributed by atoms with van der Waals surface area (Å²) in [6.07, 6.45) is 1.51. The topological polar surface area (TPSA) is 78.9 Å². The number of hydrogen-bond acceptors (Lipinski definition) is 3. The molecule has 6 nitrogen and oxygen atoms in total. The van der Waals surface area contributed by atoms with Gasteiger partial charge in [0.2, 0.25) is 5.91 Å². The van der Waals surface area contributed by atoms with E-state index in [1.807, 2.05) is 51.1 Å². The summed E-state index contributed by atoms with van der Waals surface area (Å²) in [6, 6.07) is 12.1. The predicted molar refractivity (Wildman–Crippen MR) is 113 cm³/mol. The zero-order valence-corrected chi connectivity index (χ0v) is 17.6. The van der Waals surface area contributed by atoms with Crippen molar-refractivity contribution >= 4 is 22.8 Å². The summed E-state index contributed by atoms with van der Waals surface area (Å²) in [5.41, 5.74) is 0.239. The maximum absolute atomic E-state index is 12.0. The average molecular weight is 399 g/mol.